The molecule has 2 aliphatic carbocycles. The van der Waals surface area contributed by atoms with Crippen LogP contribution < -0.4 is 5.32 Å². The fraction of sp³-hybridized carbons (Fsp3) is 0.500. The minimum absolute atomic E-state index is 0.0237. The van der Waals surface area contributed by atoms with Crippen LogP contribution in [0.15, 0.2) is 12.2 Å². The Kier molecular flexibility index (Phi) is 2.19. The van der Waals surface area contributed by atoms with Crippen molar-refractivity contribution in [3.63, 3.8) is 0 Å². The lowest BCUT2D eigenvalue weighted by Crippen LogP contribution is -2.38. The average molecular weight is 206 g/mol. The Bertz CT molecular complexity index is 383. The van der Waals surface area contributed by atoms with Crippen molar-refractivity contribution in [2.24, 2.45) is 23.7 Å². The number of nitrogens with one attached hydrogen (secondary N) is 1. The van der Waals surface area contributed by atoms with Crippen molar-refractivity contribution in [2.45, 2.75) is 6.42 Å². The number of carboxylic acid groups (broad SMARTS) is 1. The summed E-state index contributed by atoms with van der Waals surface area (Å²) in [6.45, 7) is 0. The highest BCUT2D eigenvalue weighted by Gasteiger charge is 2.51. The van der Waals surface area contributed by atoms with Gasteiger partial charge in [-0.3, -0.25) is 14.9 Å². The van der Waals surface area contributed by atoms with Gasteiger partial charge in [-0.25, -0.2) is 0 Å². The van der Waals surface area contributed by atoms with E-state index in [0.29, 0.717) is 6.42 Å². The van der Waals surface area contributed by atoms with Crippen molar-refractivity contribution in [1.29, 1.82) is 5.26 Å². The van der Waals surface area contributed by atoms with Gasteiger partial charge in [-0.05, 0) is 18.3 Å². The van der Waals surface area contributed by atoms with Gasteiger partial charge < -0.3 is 5.11 Å². The van der Waals surface area contributed by atoms with Gasteiger partial charge in [-0.2, -0.15) is 5.26 Å². The Hall–Kier alpha value is -1.83. The predicted octanol–water partition coefficient (Wildman–Crippen LogP) is 0.107. The molecule has 2 aliphatic rings. The van der Waals surface area contributed by atoms with Crippen molar-refractivity contribution in [3.05, 3.63) is 12.2 Å². The summed E-state index contributed by atoms with van der Waals surface area (Å²) < 4.78 is 0. The standard InChI is InChI=1S/C10H10N2O3/c11-4-12-9(13)7-5-1-2-6(3-5)8(7)10(14)15/h1-2,5-8H,3H2,(H,12,13)(H,14,15)/t5?,6?,7-,8+/m0/s1. The van der Waals surface area contributed by atoms with Gasteiger partial charge in [-0.1, -0.05) is 12.2 Å². The van der Waals surface area contributed by atoms with Crippen LogP contribution in [0, 0.1) is 35.1 Å². The maximum atomic E-state index is 11.5. The molecule has 1 saturated carbocycles. The monoisotopic (exact) mass is 206 g/mol. The highest BCUT2D eigenvalue weighted by Crippen LogP contribution is 2.48. The molecule has 2 rings (SSSR count). The molecule has 78 valence electrons. The van der Waals surface area contributed by atoms with E-state index in [0.717, 1.165) is 0 Å². The first kappa shape index (κ1) is 9.71. The van der Waals surface area contributed by atoms with Crippen LogP contribution in [-0.4, -0.2) is 17.0 Å². The number of carboxylic acids is 1. The number of amides is 1. The number of carbonyl (C=O) groups is 2. The summed E-state index contributed by atoms with van der Waals surface area (Å²) in [5, 5.41) is 19.4. The van der Waals surface area contributed by atoms with Crippen molar-refractivity contribution in [1.82, 2.24) is 5.32 Å². The van der Waals surface area contributed by atoms with Gasteiger partial charge in [0, 0.05) is 0 Å². The Morgan fingerprint density at radius 2 is 1.93 bits per heavy atom. The number of nitrogens with zero attached hydrogens (tertiary/aromatic N) is 1. The van der Waals surface area contributed by atoms with E-state index < -0.39 is 23.7 Å². The quantitative estimate of drug-likeness (QED) is 0.381. The largest absolute Gasteiger partial charge is 0.481 e. The molecule has 0 aromatic carbocycles. The number of carbonyl (C=O) groups excluding carboxylic acids is 1. The number of hydrogen-bond donors (Lipinski definition) is 2. The third-order valence-electron chi connectivity index (χ3n) is 3.23. The van der Waals surface area contributed by atoms with Crippen LogP contribution in [0.5, 0.6) is 0 Å². The fourth-order valence-corrected chi connectivity index (χ4v) is 2.65. The van der Waals surface area contributed by atoms with Gasteiger partial charge in [0.25, 0.3) is 0 Å². The molecule has 2 bridgehead atoms. The van der Waals surface area contributed by atoms with Gasteiger partial charge in [0.15, 0.2) is 6.19 Å². The smallest absolute Gasteiger partial charge is 0.307 e. The first-order valence-corrected chi connectivity index (χ1v) is 4.75. The lowest BCUT2D eigenvalue weighted by molar-refractivity contribution is -0.147. The summed E-state index contributed by atoms with van der Waals surface area (Å²) in [5.74, 6) is -2.76. The second kappa shape index (κ2) is 3.39. The summed E-state index contributed by atoms with van der Waals surface area (Å²) in [7, 11) is 0. The van der Waals surface area contributed by atoms with Crippen molar-refractivity contribution in [3.8, 4) is 6.19 Å². The molecule has 0 radical (unpaired) electrons. The third-order valence-corrected chi connectivity index (χ3v) is 3.23. The minimum atomic E-state index is -0.954. The van der Waals surface area contributed by atoms with Gasteiger partial charge in [0.2, 0.25) is 5.91 Å². The van der Waals surface area contributed by atoms with Crippen LogP contribution in [0.2, 0.25) is 0 Å². The number of aliphatic carboxylic acids is 1. The molecule has 5 nitrogen and oxygen atoms in total. The van der Waals surface area contributed by atoms with Gasteiger partial charge in [-0.15, -0.1) is 0 Å². The lowest BCUT2D eigenvalue weighted by Gasteiger charge is -2.22. The van der Waals surface area contributed by atoms with E-state index in [2.05, 4.69) is 0 Å². The molecule has 1 fully saturated rings. The van der Waals surface area contributed by atoms with Gasteiger partial charge >= 0.3 is 5.97 Å². The van der Waals surface area contributed by atoms with E-state index in [4.69, 9.17) is 10.4 Å². The first-order valence-electron chi connectivity index (χ1n) is 4.75. The highest BCUT2D eigenvalue weighted by atomic mass is 16.4. The summed E-state index contributed by atoms with van der Waals surface area (Å²) >= 11 is 0. The average Bonchev–Trinajstić information content (AvgIpc) is 2.76. The number of nitriles is 1. The van der Waals surface area contributed by atoms with Crippen LogP contribution in [0.25, 0.3) is 0 Å². The summed E-state index contributed by atoms with van der Waals surface area (Å²) in [6, 6.07) is 0. The molecule has 0 saturated heterocycles. The SMILES string of the molecule is N#CNC(=O)[C@H]1C2C=CC(C2)[C@H]1C(=O)O. The zero-order valence-corrected chi connectivity index (χ0v) is 7.88. The molecular weight excluding hydrogens is 196 g/mol. The molecule has 0 heterocycles. The molecule has 4 atom stereocenters. The molecule has 2 unspecified atom stereocenters. The zero-order chi connectivity index (χ0) is 11.0. The van der Waals surface area contributed by atoms with Crippen LogP contribution in [-0.2, 0) is 9.59 Å². The number of rotatable bonds is 2. The molecule has 15 heavy (non-hydrogen) atoms. The topological polar surface area (TPSA) is 90.2 Å². The maximum Gasteiger partial charge on any atom is 0.307 e. The summed E-state index contributed by atoms with van der Waals surface area (Å²) in [6.07, 6.45) is 6.00. The van der Waals surface area contributed by atoms with Crippen LogP contribution >= 0.6 is 0 Å². The van der Waals surface area contributed by atoms with Gasteiger partial charge in [0.1, 0.15) is 0 Å². The second-order valence-corrected chi connectivity index (χ2v) is 3.94. The predicted molar refractivity (Wildman–Crippen MR) is 49.1 cm³/mol. The van der Waals surface area contributed by atoms with Crippen LogP contribution in [0.3, 0.4) is 0 Å². The molecule has 2 N–H and O–H groups in total. The van der Waals surface area contributed by atoms with E-state index in [1.165, 1.54) is 0 Å². The molecule has 0 spiro atoms. The number of hydrogen-bond acceptors (Lipinski definition) is 3. The van der Waals surface area contributed by atoms with E-state index in [-0.39, 0.29) is 11.8 Å². The van der Waals surface area contributed by atoms with Crippen molar-refractivity contribution >= 4 is 11.9 Å². The van der Waals surface area contributed by atoms with E-state index in [1.807, 2.05) is 17.5 Å². The summed E-state index contributed by atoms with van der Waals surface area (Å²) in [5.41, 5.74) is 0. The normalized spacial score (nSPS) is 36.2. The molecular formula is C10H10N2O3. The Labute approximate surface area is 86.4 Å². The van der Waals surface area contributed by atoms with Gasteiger partial charge in [0.05, 0.1) is 11.8 Å². The van der Waals surface area contributed by atoms with Crippen molar-refractivity contribution in [2.75, 3.05) is 0 Å². The molecule has 0 aromatic heterocycles. The maximum absolute atomic E-state index is 11.5. The zero-order valence-electron chi connectivity index (χ0n) is 7.88. The minimum Gasteiger partial charge on any atom is -0.481 e. The Morgan fingerprint density at radius 1 is 1.33 bits per heavy atom. The number of fused-ring (bicyclic) bond motifs is 2. The van der Waals surface area contributed by atoms with Crippen molar-refractivity contribution < 1.29 is 14.7 Å². The van der Waals surface area contributed by atoms with Crippen LogP contribution in [0.1, 0.15) is 6.42 Å². The molecule has 0 aromatic rings. The summed E-state index contributed by atoms with van der Waals surface area (Å²) in [4.78, 5) is 22.5. The van der Waals surface area contributed by atoms with E-state index >= 15 is 0 Å². The first-order chi connectivity index (χ1) is 7.15. The molecule has 1 amide bonds. The second-order valence-electron chi connectivity index (χ2n) is 3.94. The van der Waals surface area contributed by atoms with Crippen LogP contribution in [0.4, 0.5) is 0 Å². The highest BCUT2D eigenvalue weighted by molar-refractivity contribution is 5.87. The molecule has 0 aliphatic heterocycles. The fourth-order valence-electron chi connectivity index (χ4n) is 2.65. The van der Waals surface area contributed by atoms with E-state index in [1.54, 1.807) is 6.19 Å². The third kappa shape index (κ3) is 1.38. The number of allylic oxidation sites excluding steroid dienone is 2. The Balaban J connectivity index is 2.23. The molecule has 5 heteroatoms. The van der Waals surface area contributed by atoms with E-state index in [9.17, 15) is 9.59 Å². The lowest BCUT2D eigenvalue weighted by atomic mass is 9.82. The Morgan fingerprint density at radius 3 is 2.47 bits per heavy atom.